The Bertz CT molecular complexity index is 654. The Balaban J connectivity index is 2.05. The summed E-state index contributed by atoms with van der Waals surface area (Å²) in [6.07, 6.45) is 3.98. The molecule has 2 fully saturated rings. The Hall–Kier alpha value is 0.0800. The molecule has 2 aliphatic rings. The van der Waals surface area contributed by atoms with E-state index in [4.69, 9.17) is 33.5 Å². The van der Waals surface area contributed by atoms with Crippen LogP contribution in [0.25, 0.3) is 0 Å². The van der Waals surface area contributed by atoms with Crippen molar-refractivity contribution in [1.29, 1.82) is 0 Å². The second-order valence-electron chi connectivity index (χ2n) is 7.90. The van der Waals surface area contributed by atoms with Crippen molar-refractivity contribution in [3.05, 3.63) is 0 Å². The molecule has 2 atom stereocenters. The van der Waals surface area contributed by atoms with Gasteiger partial charge in [-0.1, -0.05) is 38.3 Å². The summed E-state index contributed by atoms with van der Waals surface area (Å²) in [4.78, 5) is 1.31. The summed E-state index contributed by atoms with van der Waals surface area (Å²) in [6, 6.07) is 0. The van der Waals surface area contributed by atoms with Crippen molar-refractivity contribution in [2.45, 2.75) is 39.5 Å². The summed E-state index contributed by atoms with van der Waals surface area (Å²) in [7, 11) is -1.07. The molecule has 0 aliphatic heterocycles. The van der Waals surface area contributed by atoms with E-state index in [9.17, 15) is 9.13 Å². The van der Waals surface area contributed by atoms with Crippen LogP contribution >= 0.6 is 39.5 Å². The van der Waals surface area contributed by atoms with Crippen LogP contribution in [0, 0.1) is 10.8 Å². The van der Waals surface area contributed by atoms with E-state index in [1.54, 1.807) is 14.1 Å². The average molecular weight is 457 g/mol. The van der Waals surface area contributed by atoms with Gasteiger partial charge in [-0.2, -0.15) is 10.4 Å². The topological polar surface area (TPSA) is 83.1 Å². The molecule has 156 valence electrons. The molecule has 2 aliphatic carbocycles. The zero-order valence-electron chi connectivity index (χ0n) is 16.8. The fourth-order valence-corrected chi connectivity index (χ4v) is 7.97. The van der Waals surface area contributed by atoms with Gasteiger partial charge in [0.05, 0.1) is 9.98 Å². The largest absolute Gasteiger partial charge is 0.319 e. The van der Waals surface area contributed by atoms with Gasteiger partial charge in [0.15, 0.2) is 0 Å². The van der Waals surface area contributed by atoms with E-state index in [2.05, 4.69) is 24.2 Å². The first-order chi connectivity index (χ1) is 12.3. The summed E-state index contributed by atoms with van der Waals surface area (Å²) >= 11 is 10.9. The van der Waals surface area contributed by atoms with Crippen molar-refractivity contribution in [2.75, 3.05) is 34.2 Å². The van der Waals surface area contributed by atoms with Crippen LogP contribution in [0.3, 0.4) is 0 Å². The first-order valence-electron chi connectivity index (χ1n) is 8.74. The third-order valence-electron chi connectivity index (χ3n) is 5.21. The van der Waals surface area contributed by atoms with Crippen LogP contribution in [-0.2, 0) is 18.2 Å². The number of nitrogens with one attached hydrogen (secondary N) is 2. The minimum atomic E-state index is -3.53. The number of hydrazine groups is 2. The standard InChI is InChI=1S/C15H30N4O4P2S2/c1-14(7-8-14)12(26)18(3)16-24(20,22-5)11-25(21,23-6)17-19(4)13(27)15(2)9-10-15/h7-11H2,1-6H3,(H,16,20)(H,17,21). The molecule has 0 amide bonds. The maximum atomic E-state index is 13.2. The van der Waals surface area contributed by atoms with E-state index >= 15 is 0 Å². The lowest BCUT2D eigenvalue weighted by Crippen LogP contribution is -2.43. The van der Waals surface area contributed by atoms with E-state index in [0.29, 0.717) is 9.98 Å². The van der Waals surface area contributed by atoms with Crippen molar-refractivity contribution in [1.82, 2.24) is 20.4 Å². The van der Waals surface area contributed by atoms with Crippen molar-refractivity contribution in [3.63, 3.8) is 0 Å². The molecule has 0 aromatic heterocycles. The first kappa shape index (κ1) is 23.4. The normalized spacial score (nSPS) is 23.6. The summed E-state index contributed by atoms with van der Waals surface area (Å²) in [5.74, 6) is -0.347. The van der Waals surface area contributed by atoms with Crippen molar-refractivity contribution < 1.29 is 18.2 Å². The number of rotatable bonds is 10. The molecule has 27 heavy (non-hydrogen) atoms. The van der Waals surface area contributed by atoms with E-state index < -0.39 is 15.0 Å². The fourth-order valence-electron chi connectivity index (χ4n) is 2.67. The second kappa shape index (κ2) is 8.07. The SMILES string of the molecule is COP(=O)(CP(=O)(NN(C)C(=S)C1(C)CC1)OC)NN(C)C(=S)C1(C)CC1. The van der Waals surface area contributed by atoms with Crippen molar-refractivity contribution in [2.24, 2.45) is 10.8 Å². The van der Waals surface area contributed by atoms with Crippen LogP contribution in [0.2, 0.25) is 0 Å². The highest BCUT2D eigenvalue weighted by Gasteiger charge is 2.47. The molecule has 0 aromatic carbocycles. The van der Waals surface area contributed by atoms with Crippen LogP contribution in [0.15, 0.2) is 0 Å². The lowest BCUT2D eigenvalue weighted by molar-refractivity contribution is 0.325. The van der Waals surface area contributed by atoms with E-state index in [1.807, 2.05) is 0 Å². The highest BCUT2D eigenvalue weighted by atomic mass is 32.1. The third kappa shape index (κ3) is 5.58. The molecule has 2 N–H and O–H groups in total. The van der Waals surface area contributed by atoms with Gasteiger partial charge in [-0.3, -0.25) is 19.1 Å². The van der Waals surface area contributed by atoms with Gasteiger partial charge in [0.2, 0.25) is 0 Å². The molecule has 0 bridgehead atoms. The zero-order chi connectivity index (χ0) is 20.7. The molecule has 0 spiro atoms. The zero-order valence-corrected chi connectivity index (χ0v) is 20.2. The van der Waals surface area contributed by atoms with Crippen molar-refractivity contribution in [3.8, 4) is 0 Å². The Labute approximate surface area is 172 Å². The van der Waals surface area contributed by atoms with Gasteiger partial charge in [-0.05, 0) is 25.7 Å². The number of hydrogen-bond donors (Lipinski definition) is 2. The predicted octanol–water partition coefficient (Wildman–Crippen LogP) is 3.75. The minimum Gasteiger partial charge on any atom is -0.319 e. The first-order valence-corrected chi connectivity index (χ1v) is 13.2. The van der Waals surface area contributed by atoms with E-state index in [-0.39, 0.29) is 16.7 Å². The fraction of sp³-hybridized carbons (Fsp3) is 0.867. The van der Waals surface area contributed by atoms with E-state index in [1.165, 1.54) is 24.2 Å². The lowest BCUT2D eigenvalue weighted by Gasteiger charge is -2.33. The Morgan fingerprint density at radius 3 is 1.41 bits per heavy atom. The predicted molar refractivity (Wildman–Crippen MR) is 116 cm³/mol. The van der Waals surface area contributed by atoms with Gasteiger partial charge in [0, 0.05) is 39.1 Å². The summed E-state index contributed by atoms with van der Waals surface area (Å²) < 4.78 is 36.8. The van der Waals surface area contributed by atoms with Gasteiger partial charge in [-0.25, -0.2) is 0 Å². The van der Waals surface area contributed by atoms with E-state index in [0.717, 1.165) is 25.7 Å². The number of nitrogens with zero attached hydrogens (tertiary/aromatic N) is 2. The summed E-state index contributed by atoms with van der Waals surface area (Å²) in [6.45, 7) is 4.11. The van der Waals surface area contributed by atoms with Gasteiger partial charge in [0.25, 0.3) is 15.0 Å². The molecule has 2 rings (SSSR count). The van der Waals surface area contributed by atoms with Crippen LogP contribution < -0.4 is 10.4 Å². The lowest BCUT2D eigenvalue weighted by atomic mass is 10.1. The third-order valence-corrected chi connectivity index (χ3v) is 12.1. The summed E-state index contributed by atoms with van der Waals surface area (Å²) in [5, 5.41) is 8.68. The van der Waals surface area contributed by atoms with Crippen LogP contribution in [-0.4, -0.2) is 54.2 Å². The molecule has 0 heterocycles. The smallest absolute Gasteiger partial charge is 0.297 e. The van der Waals surface area contributed by atoms with Gasteiger partial charge >= 0.3 is 0 Å². The molecule has 0 saturated heterocycles. The molecular formula is C15H30N4O4P2S2. The Morgan fingerprint density at radius 2 is 1.19 bits per heavy atom. The molecule has 8 nitrogen and oxygen atoms in total. The number of thiocarbonyl (C=S) groups is 2. The molecule has 0 radical (unpaired) electrons. The van der Waals surface area contributed by atoms with Crippen LogP contribution in [0.4, 0.5) is 0 Å². The molecular weight excluding hydrogens is 426 g/mol. The molecule has 2 unspecified atom stereocenters. The summed E-state index contributed by atoms with van der Waals surface area (Å²) in [5.41, 5.74) is -0.129. The number of hydrogen-bond acceptors (Lipinski definition) is 6. The molecule has 12 heteroatoms. The van der Waals surface area contributed by atoms with Gasteiger partial charge in [0.1, 0.15) is 5.90 Å². The van der Waals surface area contributed by atoms with Gasteiger partial charge in [-0.15, -0.1) is 0 Å². The Morgan fingerprint density at radius 1 is 0.889 bits per heavy atom. The molecule has 0 aromatic rings. The van der Waals surface area contributed by atoms with Crippen molar-refractivity contribution >= 4 is 49.5 Å². The maximum Gasteiger partial charge on any atom is 0.297 e. The van der Waals surface area contributed by atoms with Crippen LogP contribution in [0.1, 0.15) is 39.5 Å². The highest BCUT2D eigenvalue weighted by Crippen LogP contribution is 2.59. The quantitative estimate of drug-likeness (QED) is 0.288. The monoisotopic (exact) mass is 456 g/mol. The second-order valence-corrected chi connectivity index (χ2v) is 13.6. The maximum absolute atomic E-state index is 13.2. The minimum absolute atomic E-state index is 0.0645. The van der Waals surface area contributed by atoms with Gasteiger partial charge < -0.3 is 9.05 Å². The van der Waals surface area contributed by atoms with Crippen LogP contribution in [0.5, 0.6) is 0 Å². The highest BCUT2D eigenvalue weighted by molar-refractivity contribution is 7.80. The Kier molecular flexibility index (Phi) is 6.98. The molecule has 2 saturated carbocycles. The average Bonchev–Trinajstić information content (AvgIpc) is 3.52.